The van der Waals surface area contributed by atoms with Gasteiger partial charge in [0.05, 0.1) is 5.92 Å². The van der Waals surface area contributed by atoms with Crippen molar-refractivity contribution in [2.24, 2.45) is 0 Å². The summed E-state index contributed by atoms with van der Waals surface area (Å²) in [6.07, 6.45) is 0. The van der Waals surface area contributed by atoms with Crippen LogP contribution in [0.25, 0.3) is 22.2 Å². The third kappa shape index (κ3) is 2.50. The first-order chi connectivity index (χ1) is 10.1. The fourth-order valence-electron chi connectivity index (χ4n) is 2.18. The van der Waals surface area contributed by atoms with Crippen LogP contribution in [0.4, 0.5) is 0 Å². The predicted octanol–water partition coefficient (Wildman–Crippen LogP) is 4.34. The molecule has 1 heterocycles. The predicted molar refractivity (Wildman–Crippen MR) is 80.5 cm³/mol. The van der Waals surface area contributed by atoms with E-state index in [1.165, 1.54) is 0 Å². The van der Waals surface area contributed by atoms with E-state index >= 15 is 0 Å². The molecule has 106 valence electrons. The fourth-order valence-corrected chi connectivity index (χ4v) is 2.31. The Morgan fingerprint density at radius 3 is 2.62 bits per heavy atom. The van der Waals surface area contributed by atoms with Crippen LogP contribution in [0.15, 0.2) is 47.0 Å². The minimum atomic E-state index is -0.869. The van der Waals surface area contributed by atoms with E-state index in [1.807, 2.05) is 18.2 Å². The molecule has 21 heavy (non-hydrogen) atoms. The lowest BCUT2D eigenvalue weighted by Gasteiger charge is -2.05. The lowest BCUT2D eigenvalue weighted by Crippen LogP contribution is -2.06. The number of carbonyl (C=O) groups is 1. The van der Waals surface area contributed by atoms with Crippen LogP contribution in [0.3, 0.4) is 0 Å². The number of halogens is 1. The summed E-state index contributed by atoms with van der Waals surface area (Å²) in [5.41, 5.74) is 2.88. The smallest absolute Gasteiger partial charge is 0.310 e. The van der Waals surface area contributed by atoms with Gasteiger partial charge < -0.3 is 9.63 Å². The number of nitrogens with zero attached hydrogens (tertiary/aromatic N) is 1. The number of fused-ring (bicyclic) bond motifs is 1. The van der Waals surface area contributed by atoms with Gasteiger partial charge in [0.1, 0.15) is 5.69 Å². The zero-order valence-corrected chi connectivity index (χ0v) is 12.0. The number of carboxylic acid groups (broad SMARTS) is 1. The monoisotopic (exact) mass is 301 g/mol. The van der Waals surface area contributed by atoms with Crippen LogP contribution in [0.5, 0.6) is 0 Å². The van der Waals surface area contributed by atoms with Crippen LogP contribution < -0.4 is 0 Å². The van der Waals surface area contributed by atoms with E-state index in [4.69, 9.17) is 21.2 Å². The number of hydrogen-bond donors (Lipinski definition) is 1. The Morgan fingerprint density at radius 2 is 1.95 bits per heavy atom. The molecule has 0 amide bonds. The lowest BCUT2D eigenvalue weighted by atomic mass is 9.99. The standard InChI is InChI=1S/C16H12ClNO3/c1-9(16(19)20)11-4-7-13-14(8-11)21-18-15(13)10-2-5-12(17)6-3-10/h2-9H,1H3,(H,19,20)/t9-/m1/s1. The molecule has 1 N–H and O–H groups in total. The van der Waals surface area contributed by atoms with Gasteiger partial charge in [-0.3, -0.25) is 4.79 Å². The second-order valence-electron chi connectivity index (χ2n) is 4.85. The third-order valence-corrected chi connectivity index (χ3v) is 3.74. The Labute approximate surface area is 125 Å². The molecule has 1 atom stereocenters. The highest BCUT2D eigenvalue weighted by Crippen LogP contribution is 2.30. The Bertz CT molecular complexity index is 808. The zero-order valence-electron chi connectivity index (χ0n) is 11.2. The highest BCUT2D eigenvalue weighted by Gasteiger charge is 2.17. The summed E-state index contributed by atoms with van der Waals surface area (Å²) in [6, 6.07) is 12.7. The molecular formula is C16H12ClNO3. The van der Waals surface area contributed by atoms with Crippen LogP contribution in [0.2, 0.25) is 5.02 Å². The van der Waals surface area contributed by atoms with Crippen molar-refractivity contribution in [3.63, 3.8) is 0 Å². The lowest BCUT2D eigenvalue weighted by molar-refractivity contribution is -0.138. The van der Waals surface area contributed by atoms with Crippen LogP contribution >= 0.6 is 11.6 Å². The summed E-state index contributed by atoms with van der Waals surface area (Å²) < 4.78 is 5.33. The first kappa shape index (κ1) is 13.6. The van der Waals surface area contributed by atoms with Gasteiger partial charge in [-0.15, -0.1) is 0 Å². The first-order valence-electron chi connectivity index (χ1n) is 6.44. The molecule has 5 heteroatoms. The summed E-state index contributed by atoms with van der Waals surface area (Å²) >= 11 is 5.88. The minimum absolute atomic E-state index is 0.575. The van der Waals surface area contributed by atoms with Gasteiger partial charge in [0.2, 0.25) is 0 Å². The molecule has 0 aliphatic heterocycles. The molecule has 0 saturated heterocycles. The normalized spacial score (nSPS) is 12.5. The number of aromatic nitrogens is 1. The average Bonchev–Trinajstić information content (AvgIpc) is 2.90. The van der Waals surface area contributed by atoms with Crippen LogP contribution in [0, 0.1) is 0 Å². The zero-order chi connectivity index (χ0) is 15.0. The summed E-state index contributed by atoms with van der Waals surface area (Å²) in [4.78, 5) is 11.0. The number of hydrogen-bond acceptors (Lipinski definition) is 3. The second kappa shape index (κ2) is 5.22. The molecule has 0 unspecified atom stereocenters. The summed E-state index contributed by atoms with van der Waals surface area (Å²) in [5, 5.41) is 14.6. The molecule has 0 radical (unpaired) electrons. The molecule has 0 fully saturated rings. The van der Waals surface area contributed by atoms with E-state index in [0.717, 1.165) is 16.6 Å². The van der Waals surface area contributed by atoms with E-state index < -0.39 is 11.9 Å². The maximum absolute atomic E-state index is 11.0. The van der Waals surface area contributed by atoms with Crippen molar-refractivity contribution < 1.29 is 14.4 Å². The molecule has 2 aromatic carbocycles. The Balaban J connectivity index is 2.07. The van der Waals surface area contributed by atoms with Crippen molar-refractivity contribution in [1.29, 1.82) is 0 Å². The molecule has 0 spiro atoms. The van der Waals surface area contributed by atoms with Crippen molar-refractivity contribution in [2.45, 2.75) is 12.8 Å². The first-order valence-corrected chi connectivity index (χ1v) is 6.82. The van der Waals surface area contributed by atoms with E-state index in [-0.39, 0.29) is 0 Å². The molecular weight excluding hydrogens is 290 g/mol. The van der Waals surface area contributed by atoms with Gasteiger partial charge in [-0.1, -0.05) is 35.0 Å². The molecule has 0 saturated carbocycles. The molecule has 0 aliphatic rings. The topological polar surface area (TPSA) is 63.3 Å². The van der Waals surface area contributed by atoms with Crippen LogP contribution in [-0.2, 0) is 4.79 Å². The largest absolute Gasteiger partial charge is 0.481 e. The number of carboxylic acids is 1. The summed E-state index contributed by atoms with van der Waals surface area (Å²) in [5.74, 6) is -1.45. The number of aliphatic carboxylic acids is 1. The summed E-state index contributed by atoms with van der Waals surface area (Å²) in [6.45, 7) is 1.64. The maximum atomic E-state index is 11.0. The van der Waals surface area contributed by atoms with Crippen molar-refractivity contribution >= 4 is 28.5 Å². The van der Waals surface area contributed by atoms with E-state index in [1.54, 1.807) is 31.2 Å². The van der Waals surface area contributed by atoms with Crippen molar-refractivity contribution in [2.75, 3.05) is 0 Å². The number of rotatable bonds is 3. The van der Waals surface area contributed by atoms with Crippen molar-refractivity contribution in [3.05, 3.63) is 53.1 Å². The second-order valence-corrected chi connectivity index (χ2v) is 5.29. The highest BCUT2D eigenvalue weighted by molar-refractivity contribution is 6.30. The molecule has 3 aromatic rings. The Kier molecular flexibility index (Phi) is 3.39. The Hall–Kier alpha value is -2.33. The fraction of sp³-hybridized carbons (Fsp3) is 0.125. The molecule has 0 aliphatic carbocycles. The van der Waals surface area contributed by atoms with Gasteiger partial charge in [0.25, 0.3) is 0 Å². The minimum Gasteiger partial charge on any atom is -0.481 e. The highest BCUT2D eigenvalue weighted by atomic mass is 35.5. The van der Waals surface area contributed by atoms with Crippen LogP contribution in [0.1, 0.15) is 18.4 Å². The SMILES string of the molecule is C[C@@H](C(=O)O)c1ccc2c(-c3ccc(Cl)cc3)noc2c1. The van der Waals surface area contributed by atoms with Crippen molar-refractivity contribution in [3.8, 4) is 11.3 Å². The van der Waals surface area contributed by atoms with E-state index in [2.05, 4.69) is 5.16 Å². The third-order valence-electron chi connectivity index (χ3n) is 3.48. The average molecular weight is 302 g/mol. The van der Waals surface area contributed by atoms with Crippen molar-refractivity contribution in [1.82, 2.24) is 5.16 Å². The Morgan fingerprint density at radius 1 is 1.24 bits per heavy atom. The summed E-state index contributed by atoms with van der Waals surface area (Å²) in [7, 11) is 0. The van der Waals surface area contributed by atoms with Gasteiger partial charge in [0.15, 0.2) is 5.58 Å². The molecule has 1 aromatic heterocycles. The van der Waals surface area contributed by atoms with Gasteiger partial charge in [-0.25, -0.2) is 0 Å². The molecule has 0 bridgehead atoms. The number of benzene rings is 2. The van der Waals surface area contributed by atoms with E-state index in [0.29, 0.717) is 16.2 Å². The van der Waals surface area contributed by atoms with Gasteiger partial charge >= 0.3 is 5.97 Å². The molecule has 3 rings (SSSR count). The quantitative estimate of drug-likeness (QED) is 0.781. The van der Waals surface area contributed by atoms with Gasteiger partial charge in [0, 0.05) is 16.0 Å². The van der Waals surface area contributed by atoms with Gasteiger partial charge in [-0.05, 0) is 36.8 Å². The van der Waals surface area contributed by atoms with Gasteiger partial charge in [-0.2, -0.15) is 0 Å². The maximum Gasteiger partial charge on any atom is 0.310 e. The van der Waals surface area contributed by atoms with Crippen LogP contribution in [-0.4, -0.2) is 16.2 Å². The molecule has 4 nitrogen and oxygen atoms in total. The van der Waals surface area contributed by atoms with E-state index in [9.17, 15) is 4.79 Å².